The number of hydrogen-bond acceptors (Lipinski definition) is 3. The van der Waals surface area contributed by atoms with Gasteiger partial charge in [-0.25, -0.2) is 13.8 Å². The average Bonchev–Trinajstić information content (AvgIpc) is 2.15. The minimum absolute atomic E-state index is 0.0568. The van der Waals surface area contributed by atoms with Gasteiger partial charge in [0.1, 0.15) is 5.69 Å². The highest BCUT2D eigenvalue weighted by atomic mass is 79.9. The van der Waals surface area contributed by atoms with Gasteiger partial charge in [0.2, 0.25) is 0 Å². The molecular weight excluding hydrogens is 258 g/mol. The summed E-state index contributed by atoms with van der Waals surface area (Å²) in [6.07, 6.45) is -2.21. The Balaban J connectivity index is 3.34. The Morgan fingerprint density at radius 3 is 2.71 bits per heavy atom. The summed E-state index contributed by atoms with van der Waals surface area (Å²) in [4.78, 5) is 14.1. The van der Waals surface area contributed by atoms with E-state index in [-0.39, 0.29) is 28.0 Å². The molecule has 0 amide bonds. The van der Waals surface area contributed by atoms with Gasteiger partial charge in [0.05, 0.1) is 11.3 Å². The number of halogens is 3. The summed E-state index contributed by atoms with van der Waals surface area (Å²) in [5.41, 5.74) is 5.11. The first-order chi connectivity index (χ1) is 6.60. The molecule has 0 atom stereocenters. The molecule has 0 saturated carbocycles. The van der Waals surface area contributed by atoms with Crippen molar-refractivity contribution in [2.45, 2.75) is 11.8 Å². The summed E-state index contributed by atoms with van der Waals surface area (Å²) in [7, 11) is 0. The second-order valence-electron chi connectivity index (χ2n) is 2.55. The number of nitrogens with zero attached hydrogens (tertiary/aromatic N) is 1. The number of nitrogens with two attached hydrogens (primary N) is 1. The van der Waals surface area contributed by atoms with E-state index in [1.807, 2.05) is 0 Å². The lowest BCUT2D eigenvalue weighted by Gasteiger charge is -2.09. The smallest absolute Gasteiger partial charge is 0.267 e. The van der Waals surface area contributed by atoms with Crippen LogP contribution in [0.3, 0.4) is 0 Å². The molecule has 0 unspecified atom stereocenters. The van der Waals surface area contributed by atoms with E-state index in [9.17, 15) is 13.6 Å². The summed E-state index contributed by atoms with van der Waals surface area (Å²) >= 11 is 3.01. The van der Waals surface area contributed by atoms with Crippen LogP contribution in [-0.4, -0.2) is 11.3 Å². The molecule has 1 heterocycles. The van der Waals surface area contributed by atoms with E-state index in [4.69, 9.17) is 5.73 Å². The first-order valence-corrected chi connectivity index (χ1v) is 4.81. The van der Waals surface area contributed by atoms with Crippen LogP contribution in [0.1, 0.15) is 28.2 Å². The number of rotatable bonds is 3. The Bertz CT molecular complexity index is 357. The van der Waals surface area contributed by atoms with E-state index in [0.717, 1.165) is 6.07 Å². The monoisotopic (exact) mass is 264 g/mol. The lowest BCUT2D eigenvalue weighted by Crippen LogP contribution is -2.05. The average molecular weight is 265 g/mol. The minimum Gasteiger partial charge on any atom is -0.398 e. The van der Waals surface area contributed by atoms with Gasteiger partial charge >= 0.3 is 0 Å². The van der Waals surface area contributed by atoms with Crippen LogP contribution in [-0.2, 0) is 5.33 Å². The van der Waals surface area contributed by atoms with E-state index < -0.39 is 6.43 Å². The number of aldehydes is 1. The molecular formula is C8H7BrF2N2O. The molecule has 1 aromatic heterocycles. The maximum atomic E-state index is 12.5. The molecule has 0 aliphatic rings. The zero-order chi connectivity index (χ0) is 10.7. The van der Waals surface area contributed by atoms with Crippen molar-refractivity contribution in [2.24, 2.45) is 0 Å². The van der Waals surface area contributed by atoms with Gasteiger partial charge in [0.15, 0.2) is 6.29 Å². The molecule has 76 valence electrons. The molecule has 0 spiro atoms. The molecule has 2 N–H and O–H groups in total. The summed E-state index contributed by atoms with van der Waals surface area (Å²) < 4.78 is 25.0. The van der Waals surface area contributed by atoms with E-state index in [2.05, 4.69) is 20.9 Å². The normalized spacial score (nSPS) is 10.6. The van der Waals surface area contributed by atoms with Crippen LogP contribution in [0.25, 0.3) is 0 Å². The van der Waals surface area contributed by atoms with Gasteiger partial charge in [-0.3, -0.25) is 4.79 Å². The lowest BCUT2D eigenvalue weighted by atomic mass is 10.1. The molecule has 0 aliphatic heterocycles. The van der Waals surface area contributed by atoms with Crippen LogP contribution in [0.15, 0.2) is 6.07 Å². The fourth-order valence-corrected chi connectivity index (χ4v) is 1.49. The Kier molecular flexibility index (Phi) is 3.51. The molecule has 0 aliphatic carbocycles. The standard InChI is InChI=1S/C8H7BrF2N2O/c9-2-6-7(8(10)11)5(12)1-4(3-14)13-6/h1,3,8H,2H2,(H2,12,13). The van der Waals surface area contributed by atoms with Crippen molar-refractivity contribution in [3.05, 3.63) is 23.0 Å². The predicted octanol–water partition coefficient (Wildman–Crippen LogP) is 2.31. The van der Waals surface area contributed by atoms with Gasteiger partial charge in [-0.2, -0.15) is 0 Å². The molecule has 14 heavy (non-hydrogen) atoms. The predicted molar refractivity (Wildman–Crippen MR) is 51.6 cm³/mol. The van der Waals surface area contributed by atoms with Crippen LogP contribution in [0.4, 0.5) is 14.5 Å². The first kappa shape index (κ1) is 11.0. The Labute approximate surface area is 87.4 Å². The Morgan fingerprint density at radius 1 is 1.64 bits per heavy atom. The van der Waals surface area contributed by atoms with Gasteiger partial charge in [0.25, 0.3) is 6.43 Å². The molecule has 0 radical (unpaired) electrons. The number of aromatic nitrogens is 1. The highest BCUT2D eigenvalue weighted by molar-refractivity contribution is 9.08. The van der Waals surface area contributed by atoms with Crippen LogP contribution in [0.2, 0.25) is 0 Å². The number of carbonyl (C=O) groups excluding carboxylic acids is 1. The molecule has 0 fully saturated rings. The molecule has 3 nitrogen and oxygen atoms in total. The van der Waals surface area contributed by atoms with Gasteiger partial charge in [-0.15, -0.1) is 0 Å². The number of carbonyl (C=O) groups is 1. The summed E-state index contributed by atoms with van der Waals surface area (Å²) in [5, 5.41) is 0.137. The topological polar surface area (TPSA) is 56.0 Å². The van der Waals surface area contributed by atoms with Crippen molar-refractivity contribution < 1.29 is 13.6 Å². The third-order valence-electron chi connectivity index (χ3n) is 1.65. The fraction of sp³-hybridized carbons (Fsp3) is 0.250. The quantitative estimate of drug-likeness (QED) is 0.674. The highest BCUT2D eigenvalue weighted by Crippen LogP contribution is 2.29. The van der Waals surface area contributed by atoms with Crippen molar-refractivity contribution in [3.8, 4) is 0 Å². The second kappa shape index (κ2) is 4.45. The van der Waals surface area contributed by atoms with Crippen molar-refractivity contribution >= 4 is 27.9 Å². The molecule has 0 saturated heterocycles. The molecule has 6 heteroatoms. The minimum atomic E-state index is -2.68. The van der Waals surface area contributed by atoms with Crippen LogP contribution in [0.5, 0.6) is 0 Å². The maximum absolute atomic E-state index is 12.5. The maximum Gasteiger partial charge on any atom is 0.267 e. The second-order valence-corrected chi connectivity index (χ2v) is 3.11. The van der Waals surface area contributed by atoms with Crippen LogP contribution < -0.4 is 5.73 Å². The highest BCUT2D eigenvalue weighted by Gasteiger charge is 2.18. The van der Waals surface area contributed by atoms with Crippen LogP contribution >= 0.6 is 15.9 Å². The van der Waals surface area contributed by atoms with Gasteiger partial charge in [-0.1, -0.05) is 15.9 Å². The van der Waals surface area contributed by atoms with Crippen molar-refractivity contribution in [1.29, 1.82) is 0 Å². The molecule has 0 bridgehead atoms. The molecule has 0 aromatic carbocycles. The largest absolute Gasteiger partial charge is 0.398 e. The van der Waals surface area contributed by atoms with E-state index in [0.29, 0.717) is 6.29 Å². The fourth-order valence-electron chi connectivity index (χ4n) is 1.07. The zero-order valence-electron chi connectivity index (χ0n) is 7.01. The molecule has 1 rings (SSSR count). The van der Waals surface area contributed by atoms with E-state index >= 15 is 0 Å². The van der Waals surface area contributed by atoms with Gasteiger partial charge in [0, 0.05) is 11.0 Å². The number of alkyl halides is 3. The number of anilines is 1. The van der Waals surface area contributed by atoms with E-state index in [1.54, 1.807) is 0 Å². The Morgan fingerprint density at radius 2 is 2.29 bits per heavy atom. The van der Waals surface area contributed by atoms with Gasteiger partial charge < -0.3 is 5.73 Å². The summed E-state index contributed by atoms with van der Waals surface area (Å²) in [6, 6.07) is 1.14. The number of pyridine rings is 1. The third-order valence-corrected chi connectivity index (χ3v) is 2.19. The van der Waals surface area contributed by atoms with Crippen molar-refractivity contribution in [1.82, 2.24) is 4.98 Å². The van der Waals surface area contributed by atoms with Crippen molar-refractivity contribution in [2.75, 3.05) is 5.73 Å². The number of nitrogen functional groups attached to an aromatic ring is 1. The first-order valence-electron chi connectivity index (χ1n) is 3.68. The zero-order valence-corrected chi connectivity index (χ0v) is 8.59. The molecule has 1 aromatic rings. The van der Waals surface area contributed by atoms with Crippen molar-refractivity contribution in [3.63, 3.8) is 0 Å². The number of hydrogen-bond donors (Lipinski definition) is 1. The van der Waals surface area contributed by atoms with E-state index in [1.165, 1.54) is 0 Å². The SMILES string of the molecule is Nc1cc(C=O)nc(CBr)c1C(F)F. The Hall–Kier alpha value is -1.04. The van der Waals surface area contributed by atoms with Gasteiger partial charge in [-0.05, 0) is 6.07 Å². The summed E-state index contributed by atoms with van der Waals surface area (Å²) in [5.74, 6) is 0. The lowest BCUT2D eigenvalue weighted by molar-refractivity contribution is 0.111. The summed E-state index contributed by atoms with van der Waals surface area (Å²) in [6.45, 7) is 0. The third kappa shape index (κ3) is 2.06. The van der Waals surface area contributed by atoms with Crippen LogP contribution in [0, 0.1) is 0 Å².